The minimum absolute atomic E-state index is 0.394. The van der Waals surface area contributed by atoms with Gasteiger partial charge >= 0.3 is 0 Å². The van der Waals surface area contributed by atoms with E-state index in [0.29, 0.717) is 17.9 Å². The Morgan fingerprint density at radius 2 is 1.83 bits per heavy atom. The molecule has 0 saturated heterocycles. The van der Waals surface area contributed by atoms with Crippen molar-refractivity contribution in [3.05, 3.63) is 29.3 Å². The van der Waals surface area contributed by atoms with Gasteiger partial charge in [-0.15, -0.1) is 0 Å². The molecule has 0 radical (unpaired) electrons. The SMILES string of the molecule is CNC(COc1cc(C)ccc1C(C)C)C(C)C. The third kappa shape index (κ3) is 4.02. The Bertz CT molecular complexity index is 371. The summed E-state index contributed by atoms with van der Waals surface area (Å²) in [6, 6.07) is 6.87. The van der Waals surface area contributed by atoms with Crippen molar-refractivity contribution in [2.45, 2.75) is 46.6 Å². The summed E-state index contributed by atoms with van der Waals surface area (Å²) in [5.41, 5.74) is 2.54. The molecule has 0 amide bonds. The normalized spacial score (nSPS) is 13.1. The van der Waals surface area contributed by atoms with Gasteiger partial charge < -0.3 is 10.1 Å². The van der Waals surface area contributed by atoms with Gasteiger partial charge in [0.25, 0.3) is 0 Å². The fourth-order valence-electron chi connectivity index (χ4n) is 2.03. The van der Waals surface area contributed by atoms with Gasteiger partial charge in [-0.2, -0.15) is 0 Å². The van der Waals surface area contributed by atoms with Crippen LogP contribution in [0.5, 0.6) is 5.75 Å². The molecule has 1 aromatic rings. The molecule has 2 heteroatoms. The first kappa shape index (κ1) is 15.0. The van der Waals surface area contributed by atoms with E-state index in [4.69, 9.17) is 4.74 Å². The van der Waals surface area contributed by atoms with Crippen molar-refractivity contribution in [3.8, 4) is 5.75 Å². The Hall–Kier alpha value is -1.02. The van der Waals surface area contributed by atoms with E-state index in [1.807, 2.05) is 7.05 Å². The van der Waals surface area contributed by atoms with E-state index in [9.17, 15) is 0 Å². The quantitative estimate of drug-likeness (QED) is 0.829. The van der Waals surface area contributed by atoms with E-state index in [0.717, 1.165) is 12.4 Å². The fraction of sp³-hybridized carbons (Fsp3) is 0.625. The van der Waals surface area contributed by atoms with Crippen LogP contribution in [-0.4, -0.2) is 19.7 Å². The summed E-state index contributed by atoms with van der Waals surface area (Å²) < 4.78 is 6.03. The highest BCUT2D eigenvalue weighted by atomic mass is 16.5. The number of rotatable bonds is 6. The zero-order valence-electron chi connectivity index (χ0n) is 12.6. The first-order valence-electron chi connectivity index (χ1n) is 6.86. The molecular formula is C16H27NO. The Kier molecular flexibility index (Phi) is 5.67. The maximum absolute atomic E-state index is 6.03. The molecule has 0 fully saturated rings. The molecule has 0 aliphatic heterocycles. The maximum Gasteiger partial charge on any atom is 0.123 e. The van der Waals surface area contributed by atoms with E-state index >= 15 is 0 Å². The van der Waals surface area contributed by atoms with E-state index in [1.54, 1.807) is 0 Å². The van der Waals surface area contributed by atoms with Crippen LogP contribution in [-0.2, 0) is 0 Å². The van der Waals surface area contributed by atoms with Crippen molar-refractivity contribution in [2.24, 2.45) is 5.92 Å². The molecule has 0 heterocycles. The minimum atomic E-state index is 0.394. The van der Waals surface area contributed by atoms with E-state index < -0.39 is 0 Å². The van der Waals surface area contributed by atoms with Gasteiger partial charge in [-0.1, -0.05) is 39.8 Å². The Morgan fingerprint density at radius 3 is 2.33 bits per heavy atom. The molecule has 0 aromatic heterocycles. The summed E-state index contributed by atoms with van der Waals surface area (Å²) in [6.45, 7) is 11.7. The van der Waals surface area contributed by atoms with Crippen LogP contribution in [0.3, 0.4) is 0 Å². The topological polar surface area (TPSA) is 21.3 Å². The van der Waals surface area contributed by atoms with Gasteiger partial charge in [-0.25, -0.2) is 0 Å². The predicted octanol–water partition coefficient (Wildman–Crippen LogP) is 3.74. The van der Waals surface area contributed by atoms with Crippen molar-refractivity contribution >= 4 is 0 Å². The van der Waals surface area contributed by atoms with Crippen molar-refractivity contribution in [1.82, 2.24) is 5.32 Å². The van der Waals surface area contributed by atoms with E-state index in [2.05, 4.69) is 58.1 Å². The summed E-state index contributed by atoms with van der Waals surface area (Å²) in [5, 5.41) is 3.31. The lowest BCUT2D eigenvalue weighted by Crippen LogP contribution is -2.36. The fourth-order valence-corrected chi connectivity index (χ4v) is 2.03. The van der Waals surface area contributed by atoms with Crippen LogP contribution in [0.25, 0.3) is 0 Å². The van der Waals surface area contributed by atoms with Crippen LogP contribution in [0, 0.1) is 12.8 Å². The summed E-state index contributed by atoms with van der Waals surface area (Å²) in [7, 11) is 1.99. The zero-order chi connectivity index (χ0) is 13.7. The highest BCUT2D eigenvalue weighted by Crippen LogP contribution is 2.27. The van der Waals surface area contributed by atoms with Crippen molar-refractivity contribution in [3.63, 3.8) is 0 Å². The summed E-state index contributed by atoms with van der Waals surface area (Å²) in [6.07, 6.45) is 0. The average Bonchev–Trinajstić information content (AvgIpc) is 2.29. The molecule has 0 saturated carbocycles. The van der Waals surface area contributed by atoms with Gasteiger partial charge in [0.2, 0.25) is 0 Å². The molecule has 0 aliphatic rings. The summed E-state index contributed by atoms with van der Waals surface area (Å²) in [4.78, 5) is 0. The largest absolute Gasteiger partial charge is 0.492 e. The van der Waals surface area contributed by atoms with Crippen LogP contribution < -0.4 is 10.1 Å². The van der Waals surface area contributed by atoms with Gasteiger partial charge in [0.05, 0.1) is 0 Å². The number of hydrogen-bond acceptors (Lipinski definition) is 2. The van der Waals surface area contributed by atoms with Gasteiger partial charge in [-0.3, -0.25) is 0 Å². The lowest BCUT2D eigenvalue weighted by molar-refractivity contribution is 0.235. The first-order valence-corrected chi connectivity index (χ1v) is 6.86. The van der Waals surface area contributed by atoms with Crippen molar-refractivity contribution in [2.75, 3.05) is 13.7 Å². The third-order valence-electron chi connectivity index (χ3n) is 3.38. The molecule has 2 nitrogen and oxygen atoms in total. The number of hydrogen-bond donors (Lipinski definition) is 1. The second-order valence-electron chi connectivity index (χ2n) is 5.65. The van der Waals surface area contributed by atoms with Crippen LogP contribution in [0.4, 0.5) is 0 Å². The highest BCUT2D eigenvalue weighted by molar-refractivity contribution is 5.39. The molecule has 1 aromatic carbocycles. The van der Waals surface area contributed by atoms with Crippen molar-refractivity contribution < 1.29 is 4.74 Å². The third-order valence-corrected chi connectivity index (χ3v) is 3.38. The number of aryl methyl sites for hydroxylation is 1. The molecule has 0 aliphatic carbocycles. The second-order valence-corrected chi connectivity index (χ2v) is 5.65. The molecule has 0 spiro atoms. The Balaban J connectivity index is 2.79. The van der Waals surface area contributed by atoms with Crippen LogP contribution in [0.1, 0.15) is 44.7 Å². The molecule has 1 N–H and O–H groups in total. The molecule has 102 valence electrons. The predicted molar refractivity (Wildman–Crippen MR) is 78.4 cm³/mol. The van der Waals surface area contributed by atoms with Crippen LogP contribution in [0.15, 0.2) is 18.2 Å². The maximum atomic E-state index is 6.03. The Labute approximate surface area is 112 Å². The summed E-state index contributed by atoms with van der Waals surface area (Å²) >= 11 is 0. The van der Waals surface area contributed by atoms with E-state index in [1.165, 1.54) is 11.1 Å². The van der Waals surface area contributed by atoms with Crippen molar-refractivity contribution in [1.29, 1.82) is 0 Å². The van der Waals surface area contributed by atoms with Crippen LogP contribution in [0.2, 0.25) is 0 Å². The Morgan fingerprint density at radius 1 is 1.17 bits per heavy atom. The average molecular weight is 249 g/mol. The lowest BCUT2D eigenvalue weighted by Gasteiger charge is -2.22. The molecule has 1 unspecified atom stereocenters. The zero-order valence-corrected chi connectivity index (χ0v) is 12.6. The monoisotopic (exact) mass is 249 g/mol. The minimum Gasteiger partial charge on any atom is -0.492 e. The molecule has 0 bridgehead atoms. The number of likely N-dealkylation sites (N-methyl/N-ethyl adjacent to an activating group) is 1. The molecule has 18 heavy (non-hydrogen) atoms. The van der Waals surface area contributed by atoms with Gasteiger partial charge in [0, 0.05) is 6.04 Å². The number of nitrogens with one attached hydrogen (secondary N) is 1. The van der Waals surface area contributed by atoms with Gasteiger partial charge in [-0.05, 0) is 43.0 Å². The molecular weight excluding hydrogens is 222 g/mol. The molecule has 1 atom stereocenters. The van der Waals surface area contributed by atoms with Crippen LogP contribution >= 0.6 is 0 Å². The number of ether oxygens (including phenoxy) is 1. The lowest BCUT2D eigenvalue weighted by atomic mass is 10.0. The van der Waals surface area contributed by atoms with Gasteiger partial charge in [0.15, 0.2) is 0 Å². The smallest absolute Gasteiger partial charge is 0.123 e. The van der Waals surface area contributed by atoms with E-state index in [-0.39, 0.29) is 0 Å². The van der Waals surface area contributed by atoms with Gasteiger partial charge in [0.1, 0.15) is 12.4 Å². The highest BCUT2D eigenvalue weighted by Gasteiger charge is 2.14. The number of benzene rings is 1. The standard InChI is InChI=1S/C16H27NO/c1-11(2)14-8-7-13(5)9-16(14)18-10-15(17-6)12(3)4/h7-9,11-12,15,17H,10H2,1-6H3. The first-order chi connectivity index (χ1) is 8.45. The second kappa shape index (κ2) is 6.79. The molecule has 1 rings (SSSR count). The summed E-state index contributed by atoms with van der Waals surface area (Å²) in [5.74, 6) is 2.10.